The lowest BCUT2D eigenvalue weighted by atomic mass is 10.2. The van der Waals surface area contributed by atoms with E-state index in [2.05, 4.69) is 22.0 Å². The molecule has 1 fully saturated rings. The van der Waals surface area contributed by atoms with Gasteiger partial charge >= 0.3 is 0 Å². The zero-order valence-electron chi connectivity index (χ0n) is 11.4. The molecule has 2 rings (SSSR count). The first-order valence-electron chi connectivity index (χ1n) is 6.88. The molecule has 0 bridgehead atoms. The normalized spacial score (nSPS) is 19.4. The summed E-state index contributed by atoms with van der Waals surface area (Å²) in [6, 6.07) is 6.04. The zero-order chi connectivity index (χ0) is 13.5. The van der Waals surface area contributed by atoms with Crippen molar-refractivity contribution in [2.45, 2.75) is 38.9 Å². The predicted molar refractivity (Wildman–Crippen MR) is 78.5 cm³/mol. The van der Waals surface area contributed by atoms with Gasteiger partial charge in [-0.15, -0.1) is 0 Å². The van der Waals surface area contributed by atoms with Gasteiger partial charge in [-0.2, -0.15) is 0 Å². The van der Waals surface area contributed by atoms with Crippen molar-refractivity contribution in [3.05, 3.63) is 28.2 Å². The fraction of sp³-hybridized carbons (Fsp3) is 0.600. The molecule has 1 heterocycles. The molecular formula is C15H21BrO3. The number of benzene rings is 1. The van der Waals surface area contributed by atoms with Crippen molar-refractivity contribution in [3.63, 3.8) is 0 Å². The molecule has 0 amide bonds. The van der Waals surface area contributed by atoms with Crippen LogP contribution >= 0.6 is 15.9 Å². The summed E-state index contributed by atoms with van der Waals surface area (Å²) in [5.41, 5.74) is 1.14. The van der Waals surface area contributed by atoms with Gasteiger partial charge in [0.1, 0.15) is 5.75 Å². The van der Waals surface area contributed by atoms with E-state index in [1.165, 1.54) is 6.42 Å². The van der Waals surface area contributed by atoms with E-state index in [4.69, 9.17) is 14.2 Å². The second-order valence-electron chi connectivity index (χ2n) is 4.78. The van der Waals surface area contributed by atoms with Crippen LogP contribution in [0.2, 0.25) is 0 Å². The standard InChI is InChI=1S/C15H21BrO3/c1-12-11-13(16)6-7-14(12)17-9-4-10-19-15-5-2-3-8-18-15/h6-7,11,15H,2-5,8-10H2,1H3. The number of hydrogen-bond acceptors (Lipinski definition) is 3. The van der Waals surface area contributed by atoms with Crippen LogP contribution in [0, 0.1) is 6.92 Å². The molecule has 19 heavy (non-hydrogen) atoms. The Balaban J connectivity index is 1.61. The smallest absolute Gasteiger partial charge is 0.157 e. The Labute approximate surface area is 123 Å². The van der Waals surface area contributed by atoms with Crippen molar-refractivity contribution in [2.75, 3.05) is 19.8 Å². The third kappa shape index (κ3) is 5.13. The highest BCUT2D eigenvalue weighted by Crippen LogP contribution is 2.22. The van der Waals surface area contributed by atoms with Gasteiger partial charge in [-0.1, -0.05) is 15.9 Å². The van der Waals surface area contributed by atoms with E-state index in [1.54, 1.807) is 0 Å². The summed E-state index contributed by atoms with van der Waals surface area (Å²) in [7, 11) is 0. The van der Waals surface area contributed by atoms with Crippen LogP contribution in [0.25, 0.3) is 0 Å². The molecule has 1 atom stereocenters. The second-order valence-corrected chi connectivity index (χ2v) is 5.69. The molecule has 0 saturated carbocycles. The summed E-state index contributed by atoms with van der Waals surface area (Å²) in [6.45, 7) is 4.25. The number of hydrogen-bond donors (Lipinski definition) is 0. The molecule has 1 unspecified atom stereocenters. The summed E-state index contributed by atoms with van der Waals surface area (Å²) in [5.74, 6) is 0.942. The molecule has 1 aliphatic heterocycles. The highest BCUT2D eigenvalue weighted by Gasteiger charge is 2.13. The van der Waals surface area contributed by atoms with E-state index in [0.717, 1.165) is 41.7 Å². The molecule has 0 spiro atoms. The van der Waals surface area contributed by atoms with Crippen LogP contribution < -0.4 is 4.74 Å². The first-order chi connectivity index (χ1) is 9.25. The molecule has 4 heteroatoms. The number of aryl methyl sites for hydroxylation is 1. The molecule has 1 aliphatic rings. The summed E-state index contributed by atoms with van der Waals surface area (Å²) >= 11 is 3.44. The Morgan fingerprint density at radius 3 is 2.95 bits per heavy atom. The number of halogens is 1. The maximum absolute atomic E-state index is 5.74. The molecule has 0 aliphatic carbocycles. The van der Waals surface area contributed by atoms with Crippen molar-refractivity contribution in [1.82, 2.24) is 0 Å². The topological polar surface area (TPSA) is 27.7 Å². The molecule has 3 nitrogen and oxygen atoms in total. The quantitative estimate of drug-likeness (QED) is 0.737. The Kier molecular flexibility index (Phi) is 6.14. The SMILES string of the molecule is Cc1cc(Br)ccc1OCCCOC1CCCCO1. The van der Waals surface area contributed by atoms with E-state index in [1.807, 2.05) is 19.1 Å². The Morgan fingerprint density at radius 1 is 1.32 bits per heavy atom. The van der Waals surface area contributed by atoms with Gasteiger partial charge in [-0.3, -0.25) is 0 Å². The van der Waals surface area contributed by atoms with Gasteiger partial charge in [-0.05, 0) is 49.9 Å². The molecule has 0 N–H and O–H groups in total. The van der Waals surface area contributed by atoms with Crippen molar-refractivity contribution >= 4 is 15.9 Å². The van der Waals surface area contributed by atoms with Crippen LogP contribution in [0.5, 0.6) is 5.75 Å². The van der Waals surface area contributed by atoms with Crippen molar-refractivity contribution < 1.29 is 14.2 Å². The summed E-state index contributed by atoms with van der Waals surface area (Å²) < 4.78 is 18.0. The predicted octanol–water partition coefficient (Wildman–Crippen LogP) is 4.07. The van der Waals surface area contributed by atoms with Crippen molar-refractivity contribution in [3.8, 4) is 5.75 Å². The van der Waals surface area contributed by atoms with E-state index >= 15 is 0 Å². The van der Waals surface area contributed by atoms with Gasteiger partial charge in [-0.25, -0.2) is 0 Å². The lowest BCUT2D eigenvalue weighted by Crippen LogP contribution is -2.23. The Morgan fingerprint density at radius 2 is 2.21 bits per heavy atom. The van der Waals surface area contributed by atoms with Gasteiger partial charge < -0.3 is 14.2 Å². The largest absolute Gasteiger partial charge is 0.493 e. The lowest BCUT2D eigenvalue weighted by molar-refractivity contribution is -0.163. The van der Waals surface area contributed by atoms with Gasteiger partial charge in [0.2, 0.25) is 0 Å². The molecule has 0 aromatic heterocycles. The van der Waals surface area contributed by atoms with Gasteiger partial charge in [0.25, 0.3) is 0 Å². The minimum atomic E-state index is 0.00293. The highest BCUT2D eigenvalue weighted by molar-refractivity contribution is 9.10. The van der Waals surface area contributed by atoms with Crippen LogP contribution in [0.3, 0.4) is 0 Å². The summed E-state index contributed by atoms with van der Waals surface area (Å²) in [4.78, 5) is 0. The number of rotatable bonds is 6. The van der Waals surface area contributed by atoms with Gasteiger partial charge in [0.15, 0.2) is 6.29 Å². The fourth-order valence-corrected chi connectivity index (χ4v) is 2.55. The highest BCUT2D eigenvalue weighted by atomic mass is 79.9. The van der Waals surface area contributed by atoms with Crippen molar-refractivity contribution in [1.29, 1.82) is 0 Å². The van der Waals surface area contributed by atoms with Crippen LogP contribution in [-0.4, -0.2) is 26.1 Å². The second kappa shape index (κ2) is 7.88. The molecule has 106 valence electrons. The summed E-state index contributed by atoms with van der Waals surface area (Å²) in [6.07, 6.45) is 4.27. The molecule has 0 radical (unpaired) electrons. The van der Waals surface area contributed by atoms with Crippen LogP contribution in [-0.2, 0) is 9.47 Å². The zero-order valence-corrected chi connectivity index (χ0v) is 12.9. The maximum Gasteiger partial charge on any atom is 0.157 e. The minimum Gasteiger partial charge on any atom is -0.493 e. The first kappa shape index (κ1) is 14.8. The van der Waals surface area contributed by atoms with Gasteiger partial charge in [0.05, 0.1) is 13.2 Å². The third-order valence-corrected chi connectivity index (χ3v) is 3.62. The summed E-state index contributed by atoms with van der Waals surface area (Å²) in [5, 5.41) is 0. The molecular weight excluding hydrogens is 308 g/mol. The van der Waals surface area contributed by atoms with Crippen LogP contribution in [0.1, 0.15) is 31.2 Å². The van der Waals surface area contributed by atoms with Gasteiger partial charge in [0, 0.05) is 17.5 Å². The van der Waals surface area contributed by atoms with E-state index in [0.29, 0.717) is 13.2 Å². The lowest BCUT2D eigenvalue weighted by Gasteiger charge is -2.22. The van der Waals surface area contributed by atoms with Crippen LogP contribution in [0.15, 0.2) is 22.7 Å². The molecule has 1 saturated heterocycles. The minimum absolute atomic E-state index is 0.00293. The number of ether oxygens (including phenoxy) is 3. The van der Waals surface area contributed by atoms with E-state index < -0.39 is 0 Å². The third-order valence-electron chi connectivity index (χ3n) is 3.12. The average Bonchev–Trinajstić information content (AvgIpc) is 2.42. The molecule has 1 aromatic rings. The van der Waals surface area contributed by atoms with Crippen molar-refractivity contribution in [2.24, 2.45) is 0 Å². The fourth-order valence-electron chi connectivity index (χ4n) is 2.07. The Bertz CT molecular complexity index is 389. The average molecular weight is 329 g/mol. The molecule has 1 aromatic carbocycles. The van der Waals surface area contributed by atoms with Crippen LogP contribution in [0.4, 0.5) is 0 Å². The van der Waals surface area contributed by atoms with E-state index in [-0.39, 0.29) is 6.29 Å². The Hall–Kier alpha value is -0.580. The maximum atomic E-state index is 5.74. The first-order valence-corrected chi connectivity index (χ1v) is 7.67. The van der Waals surface area contributed by atoms with E-state index in [9.17, 15) is 0 Å². The monoisotopic (exact) mass is 328 g/mol.